The molecule has 0 aromatic heterocycles. The highest BCUT2D eigenvalue weighted by molar-refractivity contribution is 6.30. The summed E-state index contributed by atoms with van der Waals surface area (Å²) < 4.78 is 23.0. The molecule has 0 aliphatic rings. The predicted octanol–water partition coefficient (Wildman–Crippen LogP) is 6.50. The number of hydrazone groups is 1. The third-order valence-corrected chi connectivity index (χ3v) is 6.13. The summed E-state index contributed by atoms with van der Waals surface area (Å²) >= 11 is 5.88. The van der Waals surface area contributed by atoms with Crippen molar-refractivity contribution >= 4 is 35.3 Å². The molecule has 2 N–H and O–H groups in total. The second-order valence-corrected chi connectivity index (χ2v) is 9.49. The van der Waals surface area contributed by atoms with Gasteiger partial charge in [0.25, 0.3) is 11.8 Å². The van der Waals surface area contributed by atoms with Gasteiger partial charge in [0.05, 0.1) is 19.4 Å². The zero-order chi connectivity index (χ0) is 30.4. The van der Waals surface area contributed by atoms with Crippen molar-refractivity contribution in [1.29, 1.82) is 0 Å². The zero-order valence-corrected chi connectivity index (χ0v) is 24.6. The van der Waals surface area contributed by atoms with Gasteiger partial charge >= 0.3 is 0 Å². The number of hydrogen-bond donors (Lipinski definition) is 2. The SMILES string of the molecule is CCOc1cc(/C=N/NC(=O)c2ccc(OCc3ccccc3)c(OCC)c2)ccc1OCC(=O)Nc1ccc(Cl)cc1. The molecule has 0 aliphatic carbocycles. The number of carbonyl (C=O) groups is 2. The normalized spacial score (nSPS) is 10.7. The lowest BCUT2D eigenvalue weighted by atomic mass is 10.2. The van der Waals surface area contributed by atoms with Gasteiger partial charge in [0.1, 0.15) is 6.61 Å². The second kappa shape index (κ2) is 15.8. The predicted molar refractivity (Wildman–Crippen MR) is 167 cm³/mol. The van der Waals surface area contributed by atoms with Crippen LogP contribution in [-0.4, -0.2) is 37.8 Å². The van der Waals surface area contributed by atoms with Crippen molar-refractivity contribution in [1.82, 2.24) is 5.43 Å². The van der Waals surface area contributed by atoms with E-state index in [1.54, 1.807) is 60.7 Å². The molecule has 222 valence electrons. The van der Waals surface area contributed by atoms with Crippen molar-refractivity contribution in [2.45, 2.75) is 20.5 Å². The Balaban J connectivity index is 1.35. The van der Waals surface area contributed by atoms with Gasteiger partial charge in [0, 0.05) is 16.3 Å². The number of halogens is 1. The maximum atomic E-state index is 12.8. The number of amides is 2. The van der Waals surface area contributed by atoms with Gasteiger partial charge in [-0.1, -0.05) is 41.9 Å². The minimum absolute atomic E-state index is 0.216. The number of benzene rings is 4. The highest BCUT2D eigenvalue weighted by atomic mass is 35.5. The van der Waals surface area contributed by atoms with Crippen LogP contribution in [0, 0.1) is 0 Å². The van der Waals surface area contributed by atoms with Crippen molar-refractivity contribution in [2.75, 3.05) is 25.1 Å². The van der Waals surface area contributed by atoms with Crippen LogP contribution in [0.25, 0.3) is 0 Å². The average Bonchev–Trinajstić information content (AvgIpc) is 3.02. The molecule has 2 amide bonds. The molecular weight excluding hydrogens is 570 g/mol. The van der Waals surface area contributed by atoms with E-state index in [0.717, 1.165) is 5.56 Å². The summed E-state index contributed by atoms with van der Waals surface area (Å²) in [4.78, 5) is 25.1. The van der Waals surface area contributed by atoms with Crippen LogP contribution in [0.4, 0.5) is 5.69 Å². The van der Waals surface area contributed by atoms with Crippen LogP contribution in [0.15, 0.2) is 96.1 Å². The Labute approximate surface area is 255 Å². The number of nitrogens with zero attached hydrogens (tertiary/aromatic N) is 1. The summed E-state index contributed by atoms with van der Waals surface area (Å²) in [6.45, 7) is 4.66. The molecule has 10 heteroatoms. The summed E-state index contributed by atoms with van der Waals surface area (Å²) in [5.74, 6) is 1.09. The molecule has 0 radical (unpaired) electrons. The molecule has 4 aromatic rings. The quantitative estimate of drug-likeness (QED) is 0.126. The average molecular weight is 602 g/mol. The van der Waals surface area contributed by atoms with Gasteiger partial charge in [0.15, 0.2) is 29.6 Å². The van der Waals surface area contributed by atoms with Crippen LogP contribution in [0.2, 0.25) is 5.02 Å². The minimum Gasteiger partial charge on any atom is -0.490 e. The maximum absolute atomic E-state index is 12.8. The van der Waals surface area contributed by atoms with Crippen LogP contribution in [0.1, 0.15) is 35.3 Å². The first-order valence-electron chi connectivity index (χ1n) is 13.7. The molecule has 4 aromatic carbocycles. The van der Waals surface area contributed by atoms with Crippen molar-refractivity contribution in [3.8, 4) is 23.0 Å². The summed E-state index contributed by atoms with van der Waals surface area (Å²) in [5, 5.41) is 7.40. The minimum atomic E-state index is -0.413. The number of anilines is 1. The molecule has 0 bridgehead atoms. The molecule has 0 spiro atoms. The fraction of sp³-hybridized carbons (Fsp3) is 0.182. The Morgan fingerprint density at radius 1 is 0.767 bits per heavy atom. The Morgan fingerprint density at radius 2 is 1.44 bits per heavy atom. The maximum Gasteiger partial charge on any atom is 0.271 e. The summed E-state index contributed by atoms with van der Waals surface area (Å²) in [6.07, 6.45) is 1.48. The number of carbonyl (C=O) groups excluding carboxylic acids is 2. The van der Waals surface area contributed by atoms with Gasteiger partial charge in [-0.15, -0.1) is 0 Å². The molecule has 4 rings (SSSR count). The molecule has 0 atom stereocenters. The van der Waals surface area contributed by atoms with E-state index in [0.29, 0.717) is 64.7 Å². The van der Waals surface area contributed by atoms with E-state index in [9.17, 15) is 9.59 Å². The lowest BCUT2D eigenvalue weighted by Crippen LogP contribution is -2.20. The van der Waals surface area contributed by atoms with E-state index < -0.39 is 5.91 Å². The van der Waals surface area contributed by atoms with Crippen LogP contribution in [0.5, 0.6) is 23.0 Å². The summed E-state index contributed by atoms with van der Waals surface area (Å²) in [7, 11) is 0. The first-order valence-corrected chi connectivity index (χ1v) is 14.0. The van der Waals surface area contributed by atoms with E-state index >= 15 is 0 Å². The summed E-state index contributed by atoms with van der Waals surface area (Å²) in [5.41, 5.74) is 5.18. The second-order valence-electron chi connectivity index (χ2n) is 9.05. The van der Waals surface area contributed by atoms with Crippen LogP contribution < -0.4 is 29.7 Å². The monoisotopic (exact) mass is 601 g/mol. The van der Waals surface area contributed by atoms with Gasteiger partial charge in [0.2, 0.25) is 0 Å². The van der Waals surface area contributed by atoms with Crippen molar-refractivity contribution < 1.29 is 28.5 Å². The van der Waals surface area contributed by atoms with Crippen molar-refractivity contribution in [2.24, 2.45) is 5.10 Å². The fourth-order valence-corrected chi connectivity index (χ4v) is 3.99. The largest absolute Gasteiger partial charge is 0.490 e. The molecule has 0 saturated heterocycles. The summed E-state index contributed by atoms with van der Waals surface area (Å²) in [6, 6.07) is 26.6. The lowest BCUT2D eigenvalue weighted by Gasteiger charge is -2.13. The van der Waals surface area contributed by atoms with Crippen LogP contribution >= 0.6 is 11.6 Å². The van der Waals surface area contributed by atoms with Crippen molar-refractivity contribution in [3.63, 3.8) is 0 Å². The van der Waals surface area contributed by atoms with Gasteiger partial charge in [-0.2, -0.15) is 5.10 Å². The topological polar surface area (TPSA) is 107 Å². The third kappa shape index (κ3) is 9.51. The van der Waals surface area contributed by atoms with E-state index in [-0.39, 0.29) is 12.5 Å². The highest BCUT2D eigenvalue weighted by Gasteiger charge is 2.13. The number of ether oxygens (including phenoxy) is 4. The van der Waals surface area contributed by atoms with Crippen LogP contribution in [0.3, 0.4) is 0 Å². The molecular formula is C33H32ClN3O6. The smallest absolute Gasteiger partial charge is 0.271 e. The van der Waals surface area contributed by atoms with Crippen molar-refractivity contribution in [3.05, 3.63) is 113 Å². The van der Waals surface area contributed by atoms with E-state index in [4.69, 9.17) is 30.5 Å². The molecule has 0 unspecified atom stereocenters. The van der Waals surface area contributed by atoms with Crippen LogP contribution in [-0.2, 0) is 11.4 Å². The first-order chi connectivity index (χ1) is 20.9. The fourth-order valence-electron chi connectivity index (χ4n) is 3.87. The number of rotatable bonds is 14. The van der Waals surface area contributed by atoms with E-state index in [1.165, 1.54) is 6.21 Å². The standard InChI is InChI=1S/C33H32ClN3O6/c1-3-40-30-18-24(10-16-28(30)43-22-32(38)36-27-14-12-26(34)13-15-27)20-35-37-33(39)25-11-17-29(31(19-25)41-4-2)42-21-23-8-6-5-7-9-23/h5-20H,3-4,21-22H2,1-2H3,(H,36,38)(H,37,39)/b35-20+. The number of nitrogens with one attached hydrogen (secondary N) is 2. The van der Waals surface area contributed by atoms with Gasteiger partial charge in [-0.25, -0.2) is 5.43 Å². The molecule has 9 nitrogen and oxygen atoms in total. The number of hydrogen-bond acceptors (Lipinski definition) is 7. The van der Waals surface area contributed by atoms with Gasteiger partial charge in [-0.3, -0.25) is 9.59 Å². The highest BCUT2D eigenvalue weighted by Crippen LogP contribution is 2.30. The first kappa shape index (κ1) is 30.9. The molecule has 0 saturated carbocycles. The molecule has 0 aliphatic heterocycles. The Hall–Kier alpha value is -5.02. The molecule has 0 fully saturated rings. The molecule has 43 heavy (non-hydrogen) atoms. The lowest BCUT2D eigenvalue weighted by molar-refractivity contribution is -0.118. The Morgan fingerprint density at radius 3 is 2.16 bits per heavy atom. The van der Waals surface area contributed by atoms with Gasteiger partial charge < -0.3 is 24.3 Å². The van der Waals surface area contributed by atoms with E-state index in [2.05, 4.69) is 15.8 Å². The Bertz CT molecular complexity index is 1540. The zero-order valence-electron chi connectivity index (χ0n) is 23.8. The molecule has 0 heterocycles. The van der Waals surface area contributed by atoms with E-state index in [1.807, 2.05) is 44.2 Å². The van der Waals surface area contributed by atoms with Gasteiger partial charge in [-0.05, 0) is 85.6 Å². The Kier molecular flexibility index (Phi) is 11.4. The third-order valence-electron chi connectivity index (χ3n) is 5.88.